The van der Waals surface area contributed by atoms with Gasteiger partial charge in [0.1, 0.15) is 23.0 Å². The van der Waals surface area contributed by atoms with Crippen LogP contribution in [-0.2, 0) is 0 Å². The van der Waals surface area contributed by atoms with Crippen LogP contribution in [-0.4, -0.2) is 16.6 Å². The van der Waals surface area contributed by atoms with Crippen molar-refractivity contribution in [3.8, 4) is 5.75 Å². The zero-order valence-electron chi connectivity index (χ0n) is 11.3. The van der Waals surface area contributed by atoms with Gasteiger partial charge in [0.25, 0.3) is 0 Å². The summed E-state index contributed by atoms with van der Waals surface area (Å²) < 4.78 is 10.3. The number of benzene rings is 1. The second-order valence-corrected chi connectivity index (χ2v) is 4.73. The highest BCUT2D eigenvalue weighted by Gasteiger charge is 2.30. The standard InChI is InChI=1S/C15H11NO6/c17-14-9-4-1-2-5-12(9)22-15(18)13(14)10(8-16(19)20)11-6-3-7-21-11/h1-7,10,17H,8H2. The number of hydrogen-bond acceptors (Lipinski definition) is 6. The summed E-state index contributed by atoms with van der Waals surface area (Å²) in [6, 6.07) is 9.51. The first-order valence-corrected chi connectivity index (χ1v) is 6.48. The summed E-state index contributed by atoms with van der Waals surface area (Å²) in [6.07, 6.45) is 1.35. The van der Waals surface area contributed by atoms with E-state index in [1.54, 1.807) is 24.3 Å². The van der Waals surface area contributed by atoms with Crippen molar-refractivity contribution in [1.82, 2.24) is 0 Å². The Morgan fingerprint density at radius 3 is 2.68 bits per heavy atom. The molecule has 3 aromatic rings. The van der Waals surface area contributed by atoms with E-state index >= 15 is 0 Å². The molecule has 0 radical (unpaired) electrons. The summed E-state index contributed by atoms with van der Waals surface area (Å²) in [5, 5.41) is 21.6. The molecule has 0 aliphatic carbocycles. The van der Waals surface area contributed by atoms with Crippen LogP contribution in [0.2, 0.25) is 0 Å². The monoisotopic (exact) mass is 301 g/mol. The molecule has 7 heteroatoms. The Balaban J connectivity index is 2.26. The zero-order chi connectivity index (χ0) is 15.7. The Morgan fingerprint density at radius 1 is 1.23 bits per heavy atom. The van der Waals surface area contributed by atoms with Crippen LogP contribution >= 0.6 is 0 Å². The van der Waals surface area contributed by atoms with Crippen LogP contribution in [0, 0.1) is 10.1 Å². The zero-order valence-corrected chi connectivity index (χ0v) is 11.3. The van der Waals surface area contributed by atoms with Gasteiger partial charge in [0, 0.05) is 4.92 Å². The first-order chi connectivity index (χ1) is 10.6. The number of aromatic hydroxyl groups is 1. The van der Waals surface area contributed by atoms with E-state index in [9.17, 15) is 20.0 Å². The minimum Gasteiger partial charge on any atom is -0.507 e. The van der Waals surface area contributed by atoms with E-state index < -0.39 is 23.0 Å². The maximum Gasteiger partial charge on any atom is 0.344 e. The van der Waals surface area contributed by atoms with E-state index in [1.165, 1.54) is 18.4 Å². The summed E-state index contributed by atoms with van der Waals surface area (Å²) in [7, 11) is 0. The average Bonchev–Trinajstić information content (AvgIpc) is 3.00. The largest absolute Gasteiger partial charge is 0.507 e. The summed E-state index contributed by atoms with van der Waals surface area (Å²) in [6.45, 7) is -0.593. The van der Waals surface area contributed by atoms with Crippen LogP contribution in [0.3, 0.4) is 0 Å². The third-order valence-corrected chi connectivity index (χ3v) is 3.39. The van der Waals surface area contributed by atoms with E-state index in [2.05, 4.69) is 0 Å². The summed E-state index contributed by atoms with van der Waals surface area (Å²) >= 11 is 0. The first kappa shape index (κ1) is 13.9. The fourth-order valence-electron chi connectivity index (χ4n) is 2.42. The Morgan fingerprint density at radius 2 is 2.00 bits per heavy atom. The number of nitro groups is 1. The van der Waals surface area contributed by atoms with E-state index in [0.29, 0.717) is 5.39 Å². The molecule has 7 nitrogen and oxygen atoms in total. The minimum atomic E-state index is -1.02. The van der Waals surface area contributed by atoms with Gasteiger partial charge in [-0.05, 0) is 24.3 Å². The van der Waals surface area contributed by atoms with Crippen molar-refractivity contribution in [2.45, 2.75) is 5.92 Å². The lowest BCUT2D eigenvalue weighted by Crippen LogP contribution is -2.20. The van der Waals surface area contributed by atoms with Crippen LogP contribution < -0.4 is 5.63 Å². The second kappa shape index (κ2) is 5.36. The molecular formula is C15H11NO6. The minimum absolute atomic E-state index is 0.176. The van der Waals surface area contributed by atoms with E-state index in [1.807, 2.05) is 0 Å². The van der Waals surface area contributed by atoms with Crippen LogP contribution in [0.5, 0.6) is 5.75 Å². The number of furan rings is 1. The third-order valence-electron chi connectivity index (χ3n) is 3.39. The normalized spacial score (nSPS) is 12.4. The maximum absolute atomic E-state index is 12.2. The Hall–Kier alpha value is -3.09. The van der Waals surface area contributed by atoms with Gasteiger partial charge in [0.15, 0.2) is 0 Å². The highest BCUT2D eigenvalue weighted by molar-refractivity contribution is 5.84. The van der Waals surface area contributed by atoms with Gasteiger partial charge in [-0.2, -0.15) is 0 Å². The van der Waals surface area contributed by atoms with Crippen molar-refractivity contribution < 1.29 is 18.9 Å². The van der Waals surface area contributed by atoms with Gasteiger partial charge in [-0.15, -0.1) is 0 Å². The third kappa shape index (κ3) is 2.32. The van der Waals surface area contributed by atoms with Crippen molar-refractivity contribution in [3.63, 3.8) is 0 Å². The lowest BCUT2D eigenvalue weighted by atomic mass is 9.96. The van der Waals surface area contributed by atoms with Gasteiger partial charge in [0.2, 0.25) is 6.54 Å². The number of hydrogen-bond donors (Lipinski definition) is 1. The predicted octanol–water partition coefficient (Wildman–Crippen LogP) is 2.50. The number of fused-ring (bicyclic) bond motifs is 1. The van der Waals surface area contributed by atoms with Gasteiger partial charge in [-0.1, -0.05) is 12.1 Å². The van der Waals surface area contributed by atoms with Gasteiger partial charge in [0.05, 0.1) is 17.2 Å². The molecule has 2 heterocycles. The van der Waals surface area contributed by atoms with Crippen LogP contribution in [0.1, 0.15) is 17.2 Å². The smallest absolute Gasteiger partial charge is 0.344 e. The maximum atomic E-state index is 12.2. The van der Waals surface area contributed by atoms with Crippen LogP contribution in [0.4, 0.5) is 0 Å². The molecule has 1 atom stereocenters. The molecule has 22 heavy (non-hydrogen) atoms. The molecule has 0 amide bonds. The fraction of sp³-hybridized carbons (Fsp3) is 0.133. The molecule has 1 aromatic carbocycles. The molecule has 2 aromatic heterocycles. The van der Waals surface area contributed by atoms with E-state index in [0.717, 1.165) is 0 Å². The highest BCUT2D eigenvalue weighted by atomic mass is 16.6. The first-order valence-electron chi connectivity index (χ1n) is 6.48. The quantitative estimate of drug-likeness (QED) is 0.450. The van der Waals surface area contributed by atoms with Crippen molar-refractivity contribution in [2.24, 2.45) is 0 Å². The van der Waals surface area contributed by atoms with E-state index in [-0.39, 0.29) is 22.7 Å². The van der Waals surface area contributed by atoms with E-state index in [4.69, 9.17) is 8.83 Å². The van der Waals surface area contributed by atoms with Crippen LogP contribution in [0.15, 0.2) is 56.3 Å². The molecule has 0 aliphatic rings. The van der Waals surface area contributed by atoms with Crippen LogP contribution in [0.25, 0.3) is 11.0 Å². The van der Waals surface area contributed by atoms with Crippen molar-refractivity contribution in [3.05, 3.63) is 74.5 Å². The number of para-hydroxylation sites is 1. The molecule has 0 aliphatic heterocycles. The van der Waals surface area contributed by atoms with Crippen molar-refractivity contribution in [2.75, 3.05) is 6.54 Å². The summed E-state index contributed by atoms with van der Waals surface area (Å²) in [4.78, 5) is 22.5. The predicted molar refractivity (Wildman–Crippen MR) is 76.6 cm³/mol. The Bertz CT molecular complexity index is 881. The van der Waals surface area contributed by atoms with Crippen molar-refractivity contribution in [1.29, 1.82) is 0 Å². The lowest BCUT2D eigenvalue weighted by Gasteiger charge is -2.12. The molecule has 0 saturated heterocycles. The molecule has 0 bridgehead atoms. The molecular weight excluding hydrogens is 290 g/mol. The number of nitrogens with zero attached hydrogens (tertiary/aromatic N) is 1. The average molecular weight is 301 g/mol. The lowest BCUT2D eigenvalue weighted by molar-refractivity contribution is -0.482. The van der Waals surface area contributed by atoms with Crippen molar-refractivity contribution >= 4 is 11.0 Å². The summed E-state index contributed by atoms with van der Waals surface area (Å²) in [5.74, 6) is -1.13. The Labute approximate surface area is 123 Å². The molecule has 112 valence electrons. The van der Waals surface area contributed by atoms with Gasteiger partial charge in [-0.25, -0.2) is 4.79 Å². The van der Waals surface area contributed by atoms with Gasteiger partial charge in [-0.3, -0.25) is 10.1 Å². The topological polar surface area (TPSA) is 107 Å². The van der Waals surface area contributed by atoms with Gasteiger partial charge >= 0.3 is 5.63 Å². The molecule has 3 rings (SSSR count). The second-order valence-electron chi connectivity index (χ2n) is 4.73. The number of rotatable bonds is 4. The SMILES string of the molecule is O=c1oc2ccccc2c(O)c1C(C[N+](=O)[O-])c1ccco1. The highest BCUT2D eigenvalue weighted by Crippen LogP contribution is 2.34. The fourth-order valence-corrected chi connectivity index (χ4v) is 2.42. The molecule has 0 saturated carbocycles. The summed E-state index contributed by atoms with van der Waals surface area (Å²) in [5.41, 5.74) is -0.780. The Kier molecular flexibility index (Phi) is 3.38. The molecule has 0 spiro atoms. The molecule has 1 unspecified atom stereocenters. The molecule has 0 fully saturated rings. The van der Waals surface area contributed by atoms with Gasteiger partial charge < -0.3 is 13.9 Å². The molecule has 1 N–H and O–H groups in total.